The molecule has 1 atom stereocenters. The van der Waals surface area contributed by atoms with E-state index in [9.17, 15) is 0 Å². The smallest absolute Gasteiger partial charge is 0.210 e. The minimum absolute atomic E-state index is 0.472. The van der Waals surface area contributed by atoms with Crippen molar-refractivity contribution in [2.75, 3.05) is 5.84 Å². The lowest BCUT2D eigenvalue weighted by molar-refractivity contribution is 0.535. The summed E-state index contributed by atoms with van der Waals surface area (Å²) in [6, 6.07) is 1.85. The summed E-state index contributed by atoms with van der Waals surface area (Å²) in [4.78, 5) is 0. The Kier molecular flexibility index (Phi) is 3.42. The molecule has 17 heavy (non-hydrogen) atoms. The van der Waals surface area contributed by atoms with Gasteiger partial charge in [-0.05, 0) is 19.4 Å². The second-order valence-electron chi connectivity index (χ2n) is 3.90. The standard InChI is InChI=1S/C11H16N4OS/c1-4-7(2)17-11-14-13-10(15(11)12)9-5-6-16-8(9)3/h5-7H,4,12H2,1-3H3. The quantitative estimate of drug-likeness (QED) is 0.668. The molecule has 0 aliphatic carbocycles. The van der Waals surface area contributed by atoms with Gasteiger partial charge in [0.25, 0.3) is 0 Å². The molecule has 92 valence electrons. The van der Waals surface area contributed by atoms with Crippen molar-refractivity contribution in [1.29, 1.82) is 0 Å². The summed E-state index contributed by atoms with van der Waals surface area (Å²) >= 11 is 1.63. The molecule has 0 aliphatic heterocycles. The second-order valence-corrected chi connectivity index (χ2v) is 5.31. The first-order valence-electron chi connectivity index (χ1n) is 5.55. The summed E-state index contributed by atoms with van der Waals surface area (Å²) in [5, 5.41) is 9.43. The highest BCUT2D eigenvalue weighted by atomic mass is 32.2. The molecule has 0 aliphatic rings. The van der Waals surface area contributed by atoms with Crippen molar-refractivity contribution in [3.05, 3.63) is 18.1 Å². The minimum Gasteiger partial charge on any atom is -0.469 e. The summed E-state index contributed by atoms with van der Waals surface area (Å²) in [6.07, 6.45) is 2.69. The maximum Gasteiger partial charge on any atom is 0.210 e. The van der Waals surface area contributed by atoms with Crippen LogP contribution < -0.4 is 5.84 Å². The van der Waals surface area contributed by atoms with E-state index >= 15 is 0 Å². The molecule has 2 N–H and O–H groups in total. The molecule has 0 saturated carbocycles. The van der Waals surface area contributed by atoms with Crippen LogP contribution in [0.15, 0.2) is 21.9 Å². The number of thioether (sulfide) groups is 1. The van der Waals surface area contributed by atoms with E-state index < -0.39 is 0 Å². The molecule has 0 amide bonds. The zero-order chi connectivity index (χ0) is 12.4. The summed E-state index contributed by atoms with van der Waals surface area (Å²) < 4.78 is 6.76. The average molecular weight is 252 g/mol. The van der Waals surface area contributed by atoms with Crippen molar-refractivity contribution in [2.24, 2.45) is 0 Å². The maximum absolute atomic E-state index is 6.00. The lowest BCUT2D eigenvalue weighted by Gasteiger charge is -2.07. The largest absolute Gasteiger partial charge is 0.469 e. The molecule has 2 heterocycles. The van der Waals surface area contributed by atoms with Crippen molar-refractivity contribution in [3.8, 4) is 11.4 Å². The first-order chi connectivity index (χ1) is 8.13. The van der Waals surface area contributed by atoms with E-state index in [1.165, 1.54) is 4.68 Å². The highest BCUT2D eigenvalue weighted by molar-refractivity contribution is 7.99. The van der Waals surface area contributed by atoms with Gasteiger partial charge in [-0.3, -0.25) is 0 Å². The number of aromatic nitrogens is 3. The number of furan rings is 1. The van der Waals surface area contributed by atoms with Crippen molar-refractivity contribution < 1.29 is 4.42 Å². The molecule has 0 bridgehead atoms. The van der Waals surface area contributed by atoms with Crippen molar-refractivity contribution >= 4 is 11.8 Å². The average Bonchev–Trinajstić information content (AvgIpc) is 2.87. The lowest BCUT2D eigenvalue weighted by Crippen LogP contribution is -2.12. The van der Waals surface area contributed by atoms with E-state index in [1.54, 1.807) is 18.0 Å². The van der Waals surface area contributed by atoms with Gasteiger partial charge in [0, 0.05) is 5.25 Å². The summed E-state index contributed by atoms with van der Waals surface area (Å²) in [6.45, 7) is 6.16. The van der Waals surface area contributed by atoms with E-state index in [-0.39, 0.29) is 0 Å². The number of nitrogen functional groups attached to an aromatic ring is 1. The fraction of sp³-hybridized carbons (Fsp3) is 0.455. The Morgan fingerprint density at radius 3 is 2.88 bits per heavy atom. The predicted octanol–water partition coefficient (Wildman–Crippen LogP) is 2.45. The van der Waals surface area contributed by atoms with E-state index in [1.807, 2.05) is 13.0 Å². The van der Waals surface area contributed by atoms with E-state index in [4.69, 9.17) is 10.3 Å². The second kappa shape index (κ2) is 4.83. The zero-order valence-corrected chi connectivity index (χ0v) is 11.0. The SMILES string of the molecule is CCC(C)Sc1nnc(-c2ccoc2C)n1N. The first-order valence-corrected chi connectivity index (χ1v) is 6.43. The topological polar surface area (TPSA) is 69.9 Å². The van der Waals surface area contributed by atoms with Gasteiger partial charge >= 0.3 is 0 Å². The molecule has 0 spiro atoms. The third-order valence-electron chi connectivity index (χ3n) is 2.65. The number of hydrogen-bond acceptors (Lipinski definition) is 5. The molecule has 0 aromatic carbocycles. The van der Waals surface area contributed by atoms with Crippen LogP contribution in [0, 0.1) is 6.92 Å². The Hall–Kier alpha value is -1.43. The monoisotopic (exact) mass is 252 g/mol. The van der Waals surface area contributed by atoms with E-state index in [0.29, 0.717) is 11.1 Å². The normalized spacial score (nSPS) is 12.9. The molecule has 0 saturated heterocycles. The van der Waals surface area contributed by atoms with Crippen molar-refractivity contribution in [2.45, 2.75) is 37.6 Å². The number of nitrogens with two attached hydrogens (primary N) is 1. The van der Waals surface area contributed by atoms with Gasteiger partial charge in [0.15, 0.2) is 5.82 Å². The fourth-order valence-corrected chi connectivity index (χ4v) is 2.24. The Labute approximate surface area is 104 Å². The van der Waals surface area contributed by atoms with Crippen molar-refractivity contribution in [3.63, 3.8) is 0 Å². The molecule has 2 aromatic rings. The van der Waals surface area contributed by atoms with Crippen LogP contribution in [0.2, 0.25) is 0 Å². The summed E-state index contributed by atoms with van der Waals surface area (Å²) in [5.74, 6) is 7.43. The van der Waals surface area contributed by atoms with Gasteiger partial charge in [-0.1, -0.05) is 25.6 Å². The van der Waals surface area contributed by atoms with Gasteiger partial charge in [0.1, 0.15) is 5.76 Å². The molecular weight excluding hydrogens is 236 g/mol. The van der Waals surface area contributed by atoms with Gasteiger partial charge in [-0.2, -0.15) is 0 Å². The Bertz CT molecular complexity index is 505. The lowest BCUT2D eigenvalue weighted by atomic mass is 10.2. The van der Waals surface area contributed by atoms with Gasteiger partial charge in [0.2, 0.25) is 5.16 Å². The van der Waals surface area contributed by atoms with Gasteiger partial charge in [-0.25, -0.2) is 4.68 Å². The van der Waals surface area contributed by atoms with E-state index in [0.717, 1.165) is 22.9 Å². The number of nitrogens with zero attached hydrogens (tertiary/aromatic N) is 3. The summed E-state index contributed by atoms with van der Waals surface area (Å²) in [7, 11) is 0. The number of aryl methyl sites for hydroxylation is 1. The molecule has 2 rings (SSSR count). The third-order valence-corrected chi connectivity index (χ3v) is 3.87. The minimum atomic E-state index is 0.472. The fourth-order valence-electron chi connectivity index (χ4n) is 1.42. The zero-order valence-electron chi connectivity index (χ0n) is 10.2. The van der Waals surface area contributed by atoms with Crippen LogP contribution in [-0.4, -0.2) is 20.1 Å². The maximum atomic E-state index is 6.00. The molecular formula is C11H16N4OS. The number of hydrogen-bond donors (Lipinski definition) is 1. The molecule has 5 nitrogen and oxygen atoms in total. The van der Waals surface area contributed by atoms with Crippen LogP contribution in [-0.2, 0) is 0 Å². The highest BCUT2D eigenvalue weighted by Crippen LogP contribution is 2.27. The Morgan fingerprint density at radius 1 is 1.53 bits per heavy atom. The molecule has 0 fully saturated rings. The molecule has 2 aromatic heterocycles. The predicted molar refractivity (Wildman–Crippen MR) is 68.2 cm³/mol. The van der Waals surface area contributed by atoms with Crippen LogP contribution in [0.1, 0.15) is 26.0 Å². The molecule has 6 heteroatoms. The molecule has 1 unspecified atom stereocenters. The van der Waals surface area contributed by atoms with Gasteiger partial charge in [0.05, 0.1) is 11.8 Å². The van der Waals surface area contributed by atoms with Crippen LogP contribution in [0.4, 0.5) is 0 Å². The van der Waals surface area contributed by atoms with Gasteiger partial charge in [-0.15, -0.1) is 10.2 Å². The first kappa shape index (κ1) is 12.0. The van der Waals surface area contributed by atoms with Gasteiger partial charge < -0.3 is 10.3 Å². The van der Waals surface area contributed by atoms with Crippen LogP contribution in [0.25, 0.3) is 11.4 Å². The van der Waals surface area contributed by atoms with Crippen LogP contribution in [0.5, 0.6) is 0 Å². The molecule has 0 radical (unpaired) electrons. The Morgan fingerprint density at radius 2 is 2.29 bits per heavy atom. The third kappa shape index (κ3) is 2.31. The van der Waals surface area contributed by atoms with Crippen LogP contribution >= 0.6 is 11.8 Å². The Balaban J connectivity index is 2.30. The number of rotatable bonds is 4. The highest BCUT2D eigenvalue weighted by Gasteiger charge is 2.16. The summed E-state index contributed by atoms with van der Waals surface area (Å²) in [5.41, 5.74) is 0.885. The van der Waals surface area contributed by atoms with Crippen LogP contribution in [0.3, 0.4) is 0 Å². The van der Waals surface area contributed by atoms with E-state index in [2.05, 4.69) is 24.0 Å². The van der Waals surface area contributed by atoms with Crippen molar-refractivity contribution in [1.82, 2.24) is 14.9 Å².